The first-order valence-corrected chi connectivity index (χ1v) is 6.47. The van der Waals surface area contributed by atoms with E-state index in [9.17, 15) is 0 Å². The van der Waals surface area contributed by atoms with Crippen LogP contribution in [0.25, 0.3) is 0 Å². The fraction of sp³-hybridized carbons (Fsp3) is 0.400. The molecular weight excluding hydrogens is 238 g/mol. The Morgan fingerprint density at radius 2 is 2.00 bits per heavy atom. The Morgan fingerprint density at radius 3 is 2.58 bits per heavy atom. The Balaban J connectivity index is 2.10. The summed E-state index contributed by atoms with van der Waals surface area (Å²) in [5.41, 5.74) is 2.29. The van der Waals surface area contributed by atoms with Crippen molar-refractivity contribution in [3.05, 3.63) is 47.0 Å². The van der Waals surface area contributed by atoms with Crippen LogP contribution in [0.4, 0.5) is 5.82 Å². The maximum absolute atomic E-state index is 5.59. The minimum absolute atomic E-state index is 0.728. The number of pyridine rings is 1. The van der Waals surface area contributed by atoms with Crippen LogP contribution in [-0.4, -0.2) is 19.1 Å². The van der Waals surface area contributed by atoms with E-state index in [1.807, 2.05) is 40.1 Å². The molecule has 19 heavy (non-hydrogen) atoms. The standard InChI is InChI=1S/C15H21N3O/c1-11-5-7-14(19-11)10-18(4)15-8-6-13(9-16-3)12(2)17-15/h5-8,16H,9-10H2,1-4H3. The lowest BCUT2D eigenvalue weighted by atomic mass is 10.2. The van der Waals surface area contributed by atoms with Gasteiger partial charge in [-0.05, 0) is 44.7 Å². The van der Waals surface area contributed by atoms with Crippen LogP contribution in [0.2, 0.25) is 0 Å². The van der Waals surface area contributed by atoms with E-state index < -0.39 is 0 Å². The fourth-order valence-electron chi connectivity index (χ4n) is 2.05. The molecule has 102 valence electrons. The normalized spacial score (nSPS) is 10.7. The second kappa shape index (κ2) is 5.89. The van der Waals surface area contributed by atoms with Crippen LogP contribution in [0.15, 0.2) is 28.7 Å². The third-order valence-electron chi connectivity index (χ3n) is 3.13. The van der Waals surface area contributed by atoms with Crippen molar-refractivity contribution in [1.82, 2.24) is 10.3 Å². The first-order valence-electron chi connectivity index (χ1n) is 6.47. The summed E-state index contributed by atoms with van der Waals surface area (Å²) in [6.07, 6.45) is 0. The lowest BCUT2D eigenvalue weighted by molar-refractivity contribution is 0.481. The molecule has 0 aliphatic carbocycles. The zero-order valence-electron chi connectivity index (χ0n) is 12.0. The number of nitrogens with one attached hydrogen (secondary N) is 1. The average Bonchev–Trinajstić information content (AvgIpc) is 2.77. The van der Waals surface area contributed by atoms with Gasteiger partial charge >= 0.3 is 0 Å². The molecule has 0 fully saturated rings. The maximum Gasteiger partial charge on any atom is 0.128 e. The van der Waals surface area contributed by atoms with E-state index in [1.54, 1.807) is 0 Å². The highest BCUT2D eigenvalue weighted by Crippen LogP contribution is 2.17. The lowest BCUT2D eigenvalue weighted by Crippen LogP contribution is -2.18. The highest BCUT2D eigenvalue weighted by atomic mass is 16.3. The Morgan fingerprint density at radius 1 is 1.21 bits per heavy atom. The molecule has 0 spiro atoms. The van der Waals surface area contributed by atoms with Gasteiger partial charge in [-0.1, -0.05) is 6.07 Å². The van der Waals surface area contributed by atoms with Crippen molar-refractivity contribution in [2.75, 3.05) is 19.0 Å². The third-order valence-corrected chi connectivity index (χ3v) is 3.13. The summed E-state index contributed by atoms with van der Waals surface area (Å²) in [5.74, 6) is 2.86. The quantitative estimate of drug-likeness (QED) is 0.896. The predicted molar refractivity (Wildman–Crippen MR) is 77.3 cm³/mol. The molecule has 0 aliphatic rings. The molecule has 0 saturated carbocycles. The largest absolute Gasteiger partial charge is 0.464 e. The topological polar surface area (TPSA) is 41.3 Å². The molecule has 0 amide bonds. The molecule has 0 aliphatic heterocycles. The maximum atomic E-state index is 5.59. The Hall–Kier alpha value is -1.81. The van der Waals surface area contributed by atoms with Crippen LogP contribution in [0.3, 0.4) is 0 Å². The van der Waals surface area contributed by atoms with Gasteiger partial charge in [0.25, 0.3) is 0 Å². The van der Waals surface area contributed by atoms with Crippen molar-refractivity contribution in [2.45, 2.75) is 26.9 Å². The molecule has 0 aromatic carbocycles. The van der Waals surface area contributed by atoms with Gasteiger partial charge in [0, 0.05) is 19.3 Å². The van der Waals surface area contributed by atoms with Crippen molar-refractivity contribution in [3.63, 3.8) is 0 Å². The van der Waals surface area contributed by atoms with Crippen molar-refractivity contribution in [1.29, 1.82) is 0 Å². The van der Waals surface area contributed by atoms with Crippen molar-refractivity contribution < 1.29 is 4.42 Å². The first kappa shape index (κ1) is 13.6. The third kappa shape index (κ3) is 3.35. The molecule has 0 radical (unpaired) electrons. The van der Waals surface area contributed by atoms with E-state index in [2.05, 4.69) is 27.3 Å². The zero-order valence-corrected chi connectivity index (χ0v) is 12.0. The van der Waals surface area contributed by atoms with E-state index >= 15 is 0 Å². The van der Waals surface area contributed by atoms with Gasteiger partial charge in [-0.3, -0.25) is 0 Å². The molecule has 2 aromatic rings. The summed E-state index contributed by atoms with van der Waals surface area (Å²) < 4.78 is 5.59. The van der Waals surface area contributed by atoms with Gasteiger partial charge in [-0.2, -0.15) is 0 Å². The SMILES string of the molecule is CNCc1ccc(N(C)Cc2ccc(C)o2)nc1C. The minimum atomic E-state index is 0.728. The average molecular weight is 259 g/mol. The van der Waals surface area contributed by atoms with Crippen LogP contribution in [-0.2, 0) is 13.1 Å². The molecule has 2 rings (SSSR count). The van der Waals surface area contributed by atoms with Crippen molar-refractivity contribution >= 4 is 5.82 Å². The van der Waals surface area contributed by atoms with Crippen LogP contribution < -0.4 is 10.2 Å². The minimum Gasteiger partial charge on any atom is -0.464 e. The first-order chi connectivity index (χ1) is 9.10. The molecule has 1 N–H and O–H groups in total. The Kier molecular flexibility index (Phi) is 4.22. The molecule has 4 heteroatoms. The van der Waals surface area contributed by atoms with E-state index in [0.29, 0.717) is 0 Å². The number of hydrogen-bond acceptors (Lipinski definition) is 4. The van der Waals surface area contributed by atoms with Crippen LogP contribution >= 0.6 is 0 Å². The van der Waals surface area contributed by atoms with Crippen molar-refractivity contribution in [2.24, 2.45) is 0 Å². The zero-order chi connectivity index (χ0) is 13.8. The summed E-state index contributed by atoms with van der Waals surface area (Å²) in [5, 5.41) is 3.15. The van der Waals surface area contributed by atoms with E-state index in [-0.39, 0.29) is 0 Å². The lowest BCUT2D eigenvalue weighted by Gasteiger charge is -2.18. The second-order valence-electron chi connectivity index (χ2n) is 4.81. The molecule has 0 unspecified atom stereocenters. The summed E-state index contributed by atoms with van der Waals surface area (Å²) in [6, 6.07) is 8.17. The number of furan rings is 1. The highest BCUT2D eigenvalue weighted by molar-refractivity contribution is 5.41. The molecule has 0 saturated heterocycles. The number of aromatic nitrogens is 1. The van der Waals surface area contributed by atoms with Gasteiger partial charge in [0.1, 0.15) is 17.3 Å². The summed E-state index contributed by atoms with van der Waals surface area (Å²) in [7, 11) is 3.97. The number of hydrogen-bond donors (Lipinski definition) is 1. The number of rotatable bonds is 5. The van der Waals surface area contributed by atoms with Crippen LogP contribution in [0, 0.1) is 13.8 Å². The van der Waals surface area contributed by atoms with Crippen LogP contribution in [0.5, 0.6) is 0 Å². The second-order valence-corrected chi connectivity index (χ2v) is 4.81. The monoisotopic (exact) mass is 259 g/mol. The van der Waals surface area contributed by atoms with Crippen LogP contribution in [0.1, 0.15) is 22.8 Å². The summed E-state index contributed by atoms with van der Waals surface area (Å²) >= 11 is 0. The number of nitrogens with zero attached hydrogens (tertiary/aromatic N) is 2. The van der Waals surface area contributed by atoms with Gasteiger partial charge in [0.05, 0.1) is 6.54 Å². The Labute approximate surface area is 114 Å². The predicted octanol–water partition coefficient (Wildman–Crippen LogP) is 2.65. The van der Waals surface area contributed by atoms with E-state index in [1.165, 1.54) is 5.56 Å². The fourth-order valence-corrected chi connectivity index (χ4v) is 2.05. The van der Waals surface area contributed by atoms with Gasteiger partial charge in [-0.25, -0.2) is 4.98 Å². The summed E-state index contributed by atoms with van der Waals surface area (Å²) in [6.45, 7) is 5.57. The summed E-state index contributed by atoms with van der Waals surface area (Å²) in [4.78, 5) is 6.73. The van der Waals surface area contributed by atoms with Gasteiger partial charge in [-0.15, -0.1) is 0 Å². The molecule has 2 heterocycles. The van der Waals surface area contributed by atoms with Gasteiger partial charge < -0.3 is 14.6 Å². The number of anilines is 1. The van der Waals surface area contributed by atoms with Gasteiger partial charge in [0.2, 0.25) is 0 Å². The number of aryl methyl sites for hydroxylation is 2. The van der Waals surface area contributed by atoms with Crippen molar-refractivity contribution in [3.8, 4) is 0 Å². The van der Waals surface area contributed by atoms with E-state index in [4.69, 9.17) is 4.42 Å². The Bertz CT molecular complexity index is 548. The highest BCUT2D eigenvalue weighted by Gasteiger charge is 2.08. The molecule has 4 nitrogen and oxygen atoms in total. The smallest absolute Gasteiger partial charge is 0.128 e. The van der Waals surface area contributed by atoms with E-state index in [0.717, 1.165) is 36.1 Å². The molecule has 2 aromatic heterocycles. The molecule has 0 atom stereocenters. The molecule has 0 bridgehead atoms. The molecular formula is C15H21N3O. The van der Waals surface area contributed by atoms with Gasteiger partial charge in [0.15, 0.2) is 0 Å².